The number of aliphatic hydroxyl groups is 1. The third-order valence-corrected chi connectivity index (χ3v) is 6.26. The van der Waals surface area contributed by atoms with Gasteiger partial charge in [0.05, 0.1) is 37.0 Å². The van der Waals surface area contributed by atoms with Gasteiger partial charge in [-0.05, 0) is 41.5 Å². The summed E-state index contributed by atoms with van der Waals surface area (Å²) in [7, 11) is -2.22. The van der Waals surface area contributed by atoms with Gasteiger partial charge in [-0.15, -0.1) is 0 Å². The minimum Gasteiger partial charge on any atom is -0.496 e. The minimum atomic E-state index is -3.76. The zero-order valence-electron chi connectivity index (χ0n) is 17.7. The molecule has 33 heavy (non-hydrogen) atoms. The quantitative estimate of drug-likeness (QED) is 0.355. The standard InChI is InChI=1S/C22H21N3O4S.CH2O2/c1-29-21-10-9-19(12-20(21)17-7-5-16(15-26)6-8-17)30(27,28)24-14-18-13-23-22-4-2-3-11-25(18)22;2-1-3/h2-13,24,26H,14-15H2,1H3;1H,(H,2,3). The number of hydrogen-bond acceptors (Lipinski definition) is 6. The van der Waals surface area contributed by atoms with E-state index in [9.17, 15) is 13.5 Å². The fraction of sp³-hybridized carbons (Fsp3) is 0.130. The maximum absolute atomic E-state index is 12.9. The Bertz CT molecular complexity index is 1330. The molecule has 0 aliphatic heterocycles. The molecule has 9 nitrogen and oxygen atoms in total. The van der Waals surface area contributed by atoms with Gasteiger partial charge in [-0.25, -0.2) is 18.1 Å². The molecule has 2 aromatic carbocycles. The smallest absolute Gasteiger partial charge is 0.290 e. The van der Waals surface area contributed by atoms with Gasteiger partial charge in [-0.2, -0.15) is 0 Å². The molecule has 0 bridgehead atoms. The van der Waals surface area contributed by atoms with Gasteiger partial charge < -0.3 is 19.4 Å². The number of hydrogen-bond donors (Lipinski definition) is 3. The first-order valence-corrected chi connectivity index (χ1v) is 11.3. The second kappa shape index (κ2) is 10.7. The summed E-state index contributed by atoms with van der Waals surface area (Å²) >= 11 is 0. The lowest BCUT2D eigenvalue weighted by molar-refractivity contribution is -0.122. The van der Waals surface area contributed by atoms with E-state index in [0.717, 1.165) is 22.5 Å². The molecule has 3 N–H and O–H groups in total. The second-order valence-corrected chi connectivity index (χ2v) is 8.59. The summed E-state index contributed by atoms with van der Waals surface area (Å²) in [6.45, 7) is -0.195. The van der Waals surface area contributed by atoms with E-state index < -0.39 is 10.0 Å². The normalized spacial score (nSPS) is 11.0. The molecule has 0 atom stereocenters. The van der Waals surface area contributed by atoms with E-state index in [4.69, 9.17) is 14.6 Å². The molecule has 172 valence electrons. The first-order chi connectivity index (χ1) is 15.9. The fourth-order valence-corrected chi connectivity index (χ4v) is 4.26. The van der Waals surface area contributed by atoms with Crippen molar-refractivity contribution in [1.82, 2.24) is 14.1 Å². The summed E-state index contributed by atoms with van der Waals surface area (Å²) in [5.74, 6) is 0.562. The van der Waals surface area contributed by atoms with E-state index in [2.05, 4.69) is 9.71 Å². The third-order valence-electron chi connectivity index (χ3n) is 4.87. The number of carboxylic acid groups (broad SMARTS) is 1. The lowest BCUT2D eigenvalue weighted by Crippen LogP contribution is -2.24. The topological polar surface area (TPSA) is 130 Å². The Balaban J connectivity index is 0.000000968. The number of carbonyl (C=O) groups is 1. The van der Waals surface area contributed by atoms with Crippen LogP contribution in [0.2, 0.25) is 0 Å². The number of rotatable bonds is 7. The zero-order valence-corrected chi connectivity index (χ0v) is 18.6. The van der Waals surface area contributed by atoms with Crippen molar-refractivity contribution >= 4 is 22.1 Å². The van der Waals surface area contributed by atoms with Crippen molar-refractivity contribution in [3.63, 3.8) is 0 Å². The summed E-state index contributed by atoms with van der Waals surface area (Å²) in [6.07, 6.45) is 3.49. The van der Waals surface area contributed by atoms with Crippen LogP contribution < -0.4 is 9.46 Å². The van der Waals surface area contributed by atoms with Crippen molar-refractivity contribution in [3.05, 3.63) is 84.3 Å². The Morgan fingerprint density at radius 2 is 1.85 bits per heavy atom. The van der Waals surface area contributed by atoms with Crippen LogP contribution in [0.1, 0.15) is 11.3 Å². The molecular formula is C23H23N3O6S. The first kappa shape index (κ1) is 23.9. The van der Waals surface area contributed by atoms with Gasteiger partial charge >= 0.3 is 0 Å². The van der Waals surface area contributed by atoms with Crippen LogP contribution in [0.5, 0.6) is 5.75 Å². The van der Waals surface area contributed by atoms with E-state index in [-0.39, 0.29) is 24.5 Å². The highest BCUT2D eigenvalue weighted by atomic mass is 32.2. The summed E-state index contributed by atoms with van der Waals surface area (Å²) in [5, 5.41) is 16.1. The maximum atomic E-state index is 12.9. The van der Waals surface area contributed by atoms with Crippen LogP contribution in [0.15, 0.2) is 78.0 Å². The Morgan fingerprint density at radius 3 is 2.52 bits per heavy atom. The van der Waals surface area contributed by atoms with Crippen LogP contribution in [0.4, 0.5) is 0 Å². The molecule has 0 saturated heterocycles. The third kappa shape index (κ3) is 5.55. The van der Waals surface area contributed by atoms with Crippen molar-refractivity contribution in [1.29, 1.82) is 0 Å². The highest BCUT2D eigenvalue weighted by molar-refractivity contribution is 7.89. The summed E-state index contributed by atoms with van der Waals surface area (Å²) < 4.78 is 35.8. The van der Waals surface area contributed by atoms with Gasteiger partial charge in [-0.1, -0.05) is 30.3 Å². The van der Waals surface area contributed by atoms with E-state index in [0.29, 0.717) is 11.3 Å². The molecule has 0 fully saturated rings. The molecule has 0 amide bonds. The average Bonchev–Trinajstić information content (AvgIpc) is 3.26. The molecule has 0 saturated carbocycles. The van der Waals surface area contributed by atoms with E-state index in [1.807, 2.05) is 40.9 Å². The highest BCUT2D eigenvalue weighted by Gasteiger charge is 2.18. The van der Waals surface area contributed by atoms with E-state index in [1.165, 1.54) is 13.2 Å². The molecule has 4 aromatic rings. The van der Waals surface area contributed by atoms with Crippen molar-refractivity contribution < 1.29 is 28.2 Å². The van der Waals surface area contributed by atoms with Crippen LogP contribution >= 0.6 is 0 Å². The van der Waals surface area contributed by atoms with Crippen LogP contribution in [0.25, 0.3) is 16.8 Å². The summed E-state index contributed by atoms with van der Waals surface area (Å²) in [5.41, 5.74) is 3.71. The molecule has 10 heteroatoms. The fourth-order valence-electron chi connectivity index (χ4n) is 3.24. The van der Waals surface area contributed by atoms with Crippen molar-refractivity contribution in [2.75, 3.05) is 7.11 Å². The molecule has 0 radical (unpaired) electrons. The summed E-state index contributed by atoms with van der Waals surface area (Å²) in [4.78, 5) is 12.8. The monoisotopic (exact) mass is 469 g/mol. The number of pyridine rings is 1. The molecule has 2 aromatic heterocycles. The Hall–Kier alpha value is -3.73. The van der Waals surface area contributed by atoms with Crippen molar-refractivity contribution in [2.45, 2.75) is 18.0 Å². The number of methoxy groups -OCH3 is 1. The molecule has 2 heterocycles. The predicted molar refractivity (Wildman–Crippen MR) is 122 cm³/mol. The minimum absolute atomic E-state index is 0.0565. The number of nitrogens with zero attached hydrogens (tertiary/aromatic N) is 2. The molecule has 0 spiro atoms. The molecule has 0 unspecified atom stereocenters. The lowest BCUT2D eigenvalue weighted by atomic mass is 10.0. The number of fused-ring (bicyclic) bond motifs is 1. The zero-order chi connectivity index (χ0) is 23.8. The number of ether oxygens (including phenoxy) is 1. The van der Waals surface area contributed by atoms with Crippen LogP contribution in [0.3, 0.4) is 0 Å². The van der Waals surface area contributed by atoms with Crippen LogP contribution in [-0.4, -0.2) is 41.6 Å². The van der Waals surface area contributed by atoms with Gasteiger partial charge in [0.25, 0.3) is 6.47 Å². The molecule has 0 aliphatic rings. The predicted octanol–water partition coefficient (Wildman–Crippen LogP) is 2.68. The molecule has 4 rings (SSSR count). The van der Waals surface area contributed by atoms with E-state index in [1.54, 1.807) is 30.5 Å². The number of aliphatic hydroxyl groups excluding tert-OH is 1. The van der Waals surface area contributed by atoms with Crippen molar-refractivity contribution in [2.24, 2.45) is 0 Å². The highest BCUT2D eigenvalue weighted by Crippen LogP contribution is 2.32. The summed E-state index contributed by atoms with van der Waals surface area (Å²) in [6, 6.07) is 17.6. The molecule has 0 aliphatic carbocycles. The van der Waals surface area contributed by atoms with Crippen molar-refractivity contribution in [3.8, 4) is 16.9 Å². The maximum Gasteiger partial charge on any atom is 0.290 e. The SMILES string of the molecule is COc1ccc(S(=O)(=O)NCc2cnc3ccccn23)cc1-c1ccc(CO)cc1.O=CO. The Morgan fingerprint density at radius 1 is 1.12 bits per heavy atom. The van der Waals surface area contributed by atoms with Gasteiger partial charge in [0.1, 0.15) is 11.4 Å². The van der Waals surface area contributed by atoms with Gasteiger partial charge in [0.15, 0.2) is 0 Å². The van der Waals surface area contributed by atoms with Gasteiger partial charge in [0, 0.05) is 11.8 Å². The Labute approximate surface area is 191 Å². The number of imidazole rings is 1. The number of benzene rings is 2. The number of aromatic nitrogens is 2. The average molecular weight is 470 g/mol. The van der Waals surface area contributed by atoms with Crippen LogP contribution in [-0.2, 0) is 28.0 Å². The number of nitrogens with one attached hydrogen (secondary N) is 1. The number of sulfonamides is 1. The van der Waals surface area contributed by atoms with Crippen LogP contribution in [0, 0.1) is 0 Å². The van der Waals surface area contributed by atoms with E-state index >= 15 is 0 Å². The lowest BCUT2D eigenvalue weighted by Gasteiger charge is -2.13. The second-order valence-electron chi connectivity index (χ2n) is 6.83. The van der Waals surface area contributed by atoms with Gasteiger partial charge in [0.2, 0.25) is 10.0 Å². The first-order valence-electron chi connectivity index (χ1n) is 9.80. The Kier molecular flexibility index (Phi) is 7.78. The van der Waals surface area contributed by atoms with Gasteiger partial charge in [-0.3, -0.25) is 4.79 Å². The molecular weight excluding hydrogens is 446 g/mol. The largest absolute Gasteiger partial charge is 0.496 e.